The second-order valence-electron chi connectivity index (χ2n) is 5.21. The van der Waals surface area contributed by atoms with Gasteiger partial charge in [0.25, 0.3) is 0 Å². The van der Waals surface area contributed by atoms with Gasteiger partial charge in [-0.2, -0.15) is 0 Å². The van der Waals surface area contributed by atoms with Crippen LogP contribution in [0.3, 0.4) is 0 Å². The number of hydrogen-bond acceptors (Lipinski definition) is 5. The summed E-state index contributed by atoms with van der Waals surface area (Å²) in [5.41, 5.74) is 0.787. The topological polar surface area (TPSA) is 82.3 Å². The van der Waals surface area contributed by atoms with Crippen LogP contribution in [0.15, 0.2) is 11.4 Å². The summed E-state index contributed by atoms with van der Waals surface area (Å²) >= 11 is 0. The Morgan fingerprint density at radius 2 is 1.79 bits per heavy atom. The summed E-state index contributed by atoms with van der Waals surface area (Å²) in [5.74, 6) is -0.161. The number of hydrogen-bond donors (Lipinski definition) is 4. The van der Waals surface area contributed by atoms with Crippen LogP contribution in [0.25, 0.3) is 0 Å². The van der Waals surface area contributed by atoms with E-state index < -0.39 is 0 Å². The van der Waals surface area contributed by atoms with Crippen LogP contribution in [0.5, 0.6) is 0 Å². The maximum atomic E-state index is 11.9. The smallest absolute Gasteiger partial charge is 0.225 e. The fraction of sp³-hybridized carbons (Fsp3) is 0.692. The molecule has 0 aromatic heterocycles. The molecule has 0 atom stereocenters. The first-order valence-corrected chi connectivity index (χ1v) is 6.35. The summed E-state index contributed by atoms with van der Waals surface area (Å²) in [6.45, 7) is 5.22. The summed E-state index contributed by atoms with van der Waals surface area (Å²) < 4.78 is 0. The van der Waals surface area contributed by atoms with Crippen LogP contribution in [-0.2, 0) is 9.59 Å². The molecule has 0 aromatic rings. The molecule has 1 amide bonds. The van der Waals surface area contributed by atoms with E-state index in [1.165, 1.54) is 0 Å². The van der Waals surface area contributed by atoms with E-state index in [-0.39, 0.29) is 17.0 Å². The number of aldehydes is 1. The number of amides is 1. The quantitative estimate of drug-likeness (QED) is 0.338. The van der Waals surface area contributed by atoms with Gasteiger partial charge in [0.1, 0.15) is 5.70 Å². The van der Waals surface area contributed by atoms with Gasteiger partial charge in [-0.05, 0) is 19.5 Å². The Morgan fingerprint density at radius 3 is 2.21 bits per heavy atom. The number of carbonyl (C=O) groups excluding carboxylic acids is 2. The van der Waals surface area contributed by atoms with Crippen molar-refractivity contribution < 1.29 is 9.59 Å². The van der Waals surface area contributed by atoms with Crippen LogP contribution in [0.4, 0.5) is 0 Å². The molecular formula is C13H26N4O2. The average Bonchev–Trinajstić information content (AvgIpc) is 2.32. The highest BCUT2D eigenvalue weighted by Crippen LogP contribution is 2.18. The normalized spacial score (nSPS) is 12.7. The molecule has 0 saturated heterocycles. The van der Waals surface area contributed by atoms with Gasteiger partial charge in [-0.1, -0.05) is 13.8 Å². The van der Waals surface area contributed by atoms with Crippen molar-refractivity contribution in [2.75, 3.05) is 34.2 Å². The molecule has 0 saturated carbocycles. The van der Waals surface area contributed by atoms with Gasteiger partial charge in [-0.3, -0.25) is 9.59 Å². The molecule has 0 radical (unpaired) electrons. The van der Waals surface area contributed by atoms with Gasteiger partial charge in [-0.25, -0.2) is 0 Å². The van der Waals surface area contributed by atoms with Crippen molar-refractivity contribution in [3.05, 3.63) is 11.4 Å². The van der Waals surface area contributed by atoms with Crippen LogP contribution in [0, 0.1) is 5.41 Å². The minimum Gasteiger partial charge on any atom is -0.389 e. The Hall–Kier alpha value is -1.40. The Bertz CT molecular complexity index is 338. The van der Waals surface area contributed by atoms with Crippen molar-refractivity contribution in [3.8, 4) is 0 Å². The monoisotopic (exact) mass is 270 g/mol. The summed E-state index contributed by atoms with van der Waals surface area (Å²) in [6, 6.07) is 0. The highest BCUT2D eigenvalue weighted by Gasteiger charge is 2.22. The standard InChI is InChI=1S/C13H26N4O2/c1-13(2,9-15-4)6-12(19)17-11(8-18)10(16-5)7-14-3/h8,14-16H,6-7,9H2,1-5H3,(H,17,19)/b11-10+. The third-order valence-electron chi connectivity index (χ3n) is 2.67. The van der Waals surface area contributed by atoms with Crippen molar-refractivity contribution in [2.24, 2.45) is 5.41 Å². The molecule has 0 unspecified atom stereocenters. The van der Waals surface area contributed by atoms with E-state index in [4.69, 9.17) is 0 Å². The van der Waals surface area contributed by atoms with Crippen molar-refractivity contribution >= 4 is 12.2 Å². The van der Waals surface area contributed by atoms with Crippen molar-refractivity contribution in [1.82, 2.24) is 21.3 Å². The minimum absolute atomic E-state index is 0.157. The lowest BCUT2D eigenvalue weighted by atomic mass is 9.89. The predicted octanol–water partition coefficient (Wildman–Crippen LogP) is -0.412. The van der Waals surface area contributed by atoms with Crippen LogP contribution in [-0.4, -0.2) is 46.4 Å². The van der Waals surface area contributed by atoms with Gasteiger partial charge >= 0.3 is 0 Å². The lowest BCUT2D eigenvalue weighted by Crippen LogP contribution is -2.36. The molecule has 110 valence electrons. The van der Waals surface area contributed by atoms with E-state index in [1.54, 1.807) is 14.1 Å². The van der Waals surface area contributed by atoms with Gasteiger partial charge in [-0.15, -0.1) is 0 Å². The number of rotatable bonds is 9. The maximum absolute atomic E-state index is 11.9. The van der Waals surface area contributed by atoms with E-state index in [9.17, 15) is 9.59 Å². The maximum Gasteiger partial charge on any atom is 0.225 e. The Morgan fingerprint density at radius 1 is 1.16 bits per heavy atom. The van der Waals surface area contributed by atoms with Gasteiger partial charge in [0.2, 0.25) is 5.91 Å². The molecule has 0 aliphatic rings. The molecule has 0 heterocycles. The largest absolute Gasteiger partial charge is 0.389 e. The van der Waals surface area contributed by atoms with Crippen LogP contribution < -0.4 is 21.3 Å². The van der Waals surface area contributed by atoms with E-state index in [2.05, 4.69) is 21.3 Å². The van der Waals surface area contributed by atoms with E-state index >= 15 is 0 Å². The van der Waals surface area contributed by atoms with Crippen LogP contribution in [0.2, 0.25) is 0 Å². The zero-order chi connectivity index (χ0) is 14.9. The first kappa shape index (κ1) is 17.6. The third-order valence-corrected chi connectivity index (χ3v) is 2.67. The Labute approximate surface area is 115 Å². The first-order valence-electron chi connectivity index (χ1n) is 6.35. The summed E-state index contributed by atoms with van der Waals surface area (Å²) in [7, 11) is 5.34. The Balaban J connectivity index is 4.71. The highest BCUT2D eigenvalue weighted by atomic mass is 16.2. The van der Waals surface area contributed by atoms with Gasteiger partial charge in [0.05, 0.1) is 5.70 Å². The molecule has 0 aliphatic carbocycles. The molecule has 4 N–H and O–H groups in total. The lowest BCUT2D eigenvalue weighted by molar-refractivity contribution is -0.123. The fourth-order valence-corrected chi connectivity index (χ4v) is 1.84. The zero-order valence-corrected chi connectivity index (χ0v) is 12.5. The van der Waals surface area contributed by atoms with Crippen LogP contribution in [0.1, 0.15) is 20.3 Å². The molecule has 0 fully saturated rings. The predicted molar refractivity (Wildman–Crippen MR) is 76.5 cm³/mol. The first-order chi connectivity index (χ1) is 8.90. The second kappa shape index (κ2) is 8.66. The van der Waals surface area contributed by atoms with Crippen molar-refractivity contribution in [1.29, 1.82) is 0 Å². The van der Waals surface area contributed by atoms with E-state index in [1.807, 2.05) is 20.9 Å². The lowest BCUT2D eigenvalue weighted by Gasteiger charge is -2.23. The number of nitrogens with one attached hydrogen (secondary N) is 4. The highest BCUT2D eigenvalue weighted by molar-refractivity contribution is 5.86. The zero-order valence-electron chi connectivity index (χ0n) is 12.5. The summed E-state index contributed by atoms with van der Waals surface area (Å²) in [5, 5.41) is 11.6. The van der Waals surface area contributed by atoms with Crippen molar-refractivity contribution in [3.63, 3.8) is 0 Å². The minimum atomic E-state index is -0.161. The number of carbonyl (C=O) groups is 2. The second-order valence-corrected chi connectivity index (χ2v) is 5.21. The molecule has 0 aliphatic heterocycles. The van der Waals surface area contributed by atoms with Crippen LogP contribution >= 0.6 is 0 Å². The van der Waals surface area contributed by atoms with Gasteiger partial charge in [0, 0.05) is 26.6 Å². The molecular weight excluding hydrogens is 244 g/mol. The van der Waals surface area contributed by atoms with Crippen molar-refractivity contribution in [2.45, 2.75) is 20.3 Å². The van der Waals surface area contributed by atoms with E-state index in [0.29, 0.717) is 24.9 Å². The fourth-order valence-electron chi connectivity index (χ4n) is 1.84. The van der Waals surface area contributed by atoms with Gasteiger partial charge < -0.3 is 21.3 Å². The molecule has 0 bridgehead atoms. The summed E-state index contributed by atoms with van der Waals surface area (Å²) in [6.07, 6.45) is 1.01. The van der Waals surface area contributed by atoms with Gasteiger partial charge in [0.15, 0.2) is 6.29 Å². The SMILES string of the molecule is CNC/C(NC)=C(/C=O)NC(=O)CC(C)(C)CNC. The van der Waals surface area contributed by atoms with E-state index in [0.717, 1.165) is 6.54 Å². The molecule has 0 rings (SSSR count). The molecule has 0 spiro atoms. The number of allylic oxidation sites excluding steroid dienone is 1. The summed E-state index contributed by atoms with van der Waals surface area (Å²) in [4.78, 5) is 23.0. The molecule has 0 aromatic carbocycles. The number of likely N-dealkylation sites (N-methyl/N-ethyl adjacent to an activating group) is 2. The molecule has 6 heteroatoms. The Kier molecular flexibility index (Phi) is 8.02. The molecule has 6 nitrogen and oxygen atoms in total. The third kappa shape index (κ3) is 6.93. The average molecular weight is 270 g/mol. The molecule has 19 heavy (non-hydrogen) atoms.